The molecule has 120 valence electrons. The predicted octanol–water partition coefficient (Wildman–Crippen LogP) is -1.90. The molecule has 0 aromatic carbocycles. The standard InChI is InChI=1S/C8H8N16/c9-1-13-3(11)23-5(15-1)17-19-7(23)21-22-8-20-18-6-16-2(10)14-4(12)24(6)8/h(H4,9,11,13,15,17)(H4,10,12,14,16,18)/b22-21+. The minimum absolute atomic E-state index is 0.00169. The van der Waals surface area contributed by atoms with Gasteiger partial charge in [-0.15, -0.1) is 30.6 Å². The molecule has 16 heteroatoms. The van der Waals surface area contributed by atoms with Crippen molar-refractivity contribution >= 4 is 47.2 Å². The molecule has 0 atom stereocenters. The molecule has 0 aliphatic heterocycles. The van der Waals surface area contributed by atoms with Crippen LogP contribution in [-0.2, 0) is 0 Å². The Morgan fingerprint density at radius 2 is 1.00 bits per heavy atom. The molecule has 4 rings (SSSR count). The van der Waals surface area contributed by atoms with Gasteiger partial charge in [-0.1, -0.05) is 0 Å². The van der Waals surface area contributed by atoms with Crippen molar-refractivity contribution in [3.05, 3.63) is 0 Å². The van der Waals surface area contributed by atoms with E-state index < -0.39 is 0 Å². The van der Waals surface area contributed by atoms with Crippen LogP contribution >= 0.6 is 0 Å². The lowest BCUT2D eigenvalue weighted by atomic mass is 10.8. The Balaban J connectivity index is 1.82. The van der Waals surface area contributed by atoms with Gasteiger partial charge in [0.2, 0.25) is 23.8 Å². The lowest BCUT2D eigenvalue weighted by Crippen LogP contribution is -2.06. The number of aromatic nitrogens is 10. The SMILES string of the molecule is Nc1nc(N)n2c(/N=N/c3nnc4nc(N)nc(N)n34)nnc2n1. The fraction of sp³-hybridized carbons (Fsp3) is 0. The van der Waals surface area contributed by atoms with E-state index in [0.29, 0.717) is 0 Å². The molecule has 0 saturated carbocycles. The van der Waals surface area contributed by atoms with Crippen LogP contribution in [0.1, 0.15) is 0 Å². The van der Waals surface area contributed by atoms with Crippen LogP contribution in [0.3, 0.4) is 0 Å². The van der Waals surface area contributed by atoms with Crippen molar-refractivity contribution < 1.29 is 0 Å². The summed E-state index contributed by atoms with van der Waals surface area (Å²) in [6, 6.07) is 0. The van der Waals surface area contributed by atoms with Crippen LogP contribution in [0.4, 0.5) is 35.7 Å². The maximum Gasteiger partial charge on any atom is 0.278 e. The van der Waals surface area contributed by atoms with E-state index in [9.17, 15) is 0 Å². The first-order valence-electron chi connectivity index (χ1n) is 6.23. The van der Waals surface area contributed by atoms with E-state index in [1.807, 2.05) is 0 Å². The van der Waals surface area contributed by atoms with Gasteiger partial charge in [0.05, 0.1) is 0 Å². The lowest BCUT2D eigenvalue weighted by Gasteiger charge is -1.99. The van der Waals surface area contributed by atoms with Crippen LogP contribution in [0.2, 0.25) is 0 Å². The highest BCUT2D eigenvalue weighted by Gasteiger charge is 2.13. The van der Waals surface area contributed by atoms with Crippen molar-refractivity contribution in [3.8, 4) is 0 Å². The third-order valence-corrected chi connectivity index (χ3v) is 2.83. The molecule has 4 aromatic rings. The van der Waals surface area contributed by atoms with Crippen molar-refractivity contribution in [1.82, 2.24) is 49.1 Å². The molecule has 4 heterocycles. The highest BCUT2D eigenvalue weighted by atomic mass is 15.4. The molecule has 0 bridgehead atoms. The summed E-state index contributed by atoms with van der Waals surface area (Å²) in [5.74, 6) is 0.176. The quantitative estimate of drug-likeness (QED) is 0.295. The molecular weight excluding hydrogens is 320 g/mol. The predicted molar refractivity (Wildman–Crippen MR) is 79.0 cm³/mol. The number of nitrogen functional groups attached to an aromatic ring is 4. The van der Waals surface area contributed by atoms with Crippen molar-refractivity contribution in [3.63, 3.8) is 0 Å². The zero-order chi connectivity index (χ0) is 16.8. The molecule has 0 fully saturated rings. The first-order valence-corrected chi connectivity index (χ1v) is 6.23. The summed E-state index contributed by atoms with van der Waals surface area (Å²) < 4.78 is 2.50. The van der Waals surface area contributed by atoms with Gasteiger partial charge in [-0.2, -0.15) is 19.9 Å². The Bertz CT molecular complexity index is 1010. The summed E-state index contributed by atoms with van der Waals surface area (Å²) in [6.45, 7) is 0. The second kappa shape index (κ2) is 4.63. The van der Waals surface area contributed by atoms with Crippen LogP contribution in [0, 0.1) is 0 Å². The lowest BCUT2D eigenvalue weighted by molar-refractivity contribution is 0.966. The van der Waals surface area contributed by atoms with Crippen LogP contribution < -0.4 is 22.9 Å². The normalized spacial score (nSPS) is 11.8. The summed E-state index contributed by atoms with van der Waals surface area (Å²) in [5.41, 5.74) is 22.4. The topological polar surface area (TPSA) is 241 Å². The molecule has 0 spiro atoms. The second-order valence-corrected chi connectivity index (χ2v) is 4.35. The zero-order valence-corrected chi connectivity index (χ0v) is 11.7. The molecule has 0 saturated heterocycles. The Hall–Kier alpha value is -4.24. The van der Waals surface area contributed by atoms with Crippen molar-refractivity contribution in [2.45, 2.75) is 0 Å². The van der Waals surface area contributed by atoms with Gasteiger partial charge in [-0.25, -0.2) is 8.80 Å². The summed E-state index contributed by atoms with van der Waals surface area (Å²) in [7, 11) is 0. The van der Waals surface area contributed by atoms with E-state index in [1.54, 1.807) is 0 Å². The number of rotatable bonds is 2. The molecular formula is C8H8N16. The number of azo groups is 1. The minimum Gasteiger partial charge on any atom is -0.369 e. The Kier molecular flexibility index (Phi) is 2.59. The molecule has 8 N–H and O–H groups in total. The van der Waals surface area contributed by atoms with E-state index in [-0.39, 0.29) is 47.2 Å². The van der Waals surface area contributed by atoms with Crippen LogP contribution in [0.5, 0.6) is 0 Å². The fourth-order valence-corrected chi connectivity index (χ4v) is 1.90. The van der Waals surface area contributed by atoms with Crippen LogP contribution in [0.25, 0.3) is 11.6 Å². The van der Waals surface area contributed by atoms with Gasteiger partial charge in [-0.05, 0) is 0 Å². The van der Waals surface area contributed by atoms with Crippen LogP contribution in [0.15, 0.2) is 10.2 Å². The average Bonchev–Trinajstić information content (AvgIpc) is 3.08. The van der Waals surface area contributed by atoms with E-state index in [2.05, 4.69) is 50.6 Å². The number of nitrogens with two attached hydrogens (primary N) is 4. The second-order valence-electron chi connectivity index (χ2n) is 4.35. The van der Waals surface area contributed by atoms with Crippen molar-refractivity contribution in [2.24, 2.45) is 10.2 Å². The number of nitrogens with zero attached hydrogens (tertiary/aromatic N) is 12. The van der Waals surface area contributed by atoms with E-state index >= 15 is 0 Å². The van der Waals surface area contributed by atoms with Gasteiger partial charge in [-0.3, -0.25) is 0 Å². The van der Waals surface area contributed by atoms with Crippen LogP contribution in [-0.4, -0.2) is 49.1 Å². The van der Waals surface area contributed by atoms with Gasteiger partial charge >= 0.3 is 0 Å². The summed E-state index contributed by atoms with van der Waals surface area (Å²) in [5, 5.41) is 22.9. The molecule has 4 aromatic heterocycles. The van der Waals surface area contributed by atoms with Crippen molar-refractivity contribution in [2.75, 3.05) is 22.9 Å². The Labute approximate surface area is 130 Å². The molecule has 0 aliphatic rings. The summed E-state index contributed by atoms with van der Waals surface area (Å²) in [6.07, 6.45) is 0. The van der Waals surface area contributed by atoms with Crippen molar-refractivity contribution in [1.29, 1.82) is 0 Å². The molecule has 0 radical (unpaired) electrons. The maximum atomic E-state index is 5.75. The van der Waals surface area contributed by atoms with E-state index in [1.165, 1.54) is 8.80 Å². The number of hydrogen-bond acceptors (Lipinski definition) is 14. The minimum atomic E-state index is -0.0400. The highest BCUT2D eigenvalue weighted by molar-refractivity contribution is 5.48. The summed E-state index contributed by atoms with van der Waals surface area (Å²) in [4.78, 5) is 15.3. The third kappa shape index (κ3) is 1.94. The first kappa shape index (κ1) is 13.4. The highest BCUT2D eigenvalue weighted by Crippen LogP contribution is 2.19. The van der Waals surface area contributed by atoms with Gasteiger partial charge in [0.1, 0.15) is 0 Å². The van der Waals surface area contributed by atoms with E-state index in [4.69, 9.17) is 22.9 Å². The third-order valence-electron chi connectivity index (χ3n) is 2.83. The van der Waals surface area contributed by atoms with Gasteiger partial charge < -0.3 is 22.9 Å². The zero-order valence-electron chi connectivity index (χ0n) is 11.7. The largest absolute Gasteiger partial charge is 0.369 e. The van der Waals surface area contributed by atoms with Gasteiger partial charge in [0.15, 0.2) is 0 Å². The van der Waals surface area contributed by atoms with Gasteiger partial charge in [0, 0.05) is 0 Å². The molecule has 16 nitrogen and oxygen atoms in total. The smallest absolute Gasteiger partial charge is 0.278 e. The molecule has 0 amide bonds. The first-order chi connectivity index (χ1) is 11.5. The molecule has 24 heavy (non-hydrogen) atoms. The molecule has 0 aliphatic carbocycles. The van der Waals surface area contributed by atoms with Gasteiger partial charge in [0.25, 0.3) is 23.5 Å². The van der Waals surface area contributed by atoms with E-state index in [0.717, 1.165) is 0 Å². The average molecular weight is 328 g/mol. The number of fused-ring (bicyclic) bond motifs is 2. The molecule has 0 unspecified atom stereocenters. The number of hydrogen-bond donors (Lipinski definition) is 4. The maximum absolute atomic E-state index is 5.75. The monoisotopic (exact) mass is 328 g/mol. The number of anilines is 4. The Morgan fingerprint density at radius 3 is 1.42 bits per heavy atom. The fourth-order valence-electron chi connectivity index (χ4n) is 1.90. The Morgan fingerprint density at radius 1 is 0.583 bits per heavy atom. The summed E-state index contributed by atoms with van der Waals surface area (Å²) >= 11 is 0.